The van der Waals surface area contributed by atoms with Crippen molar-refractivity contribution >= 4 is 16.8 Å². The summed E-state index contributed by atoms with van der Waals surface area (Å²) in [6.07, 6.45) is 0. The number of hydrogen-bond donors (Lipinski definition) is 2. The first-order chi connectivity index (χ1) is 9.67. The van der Waals surface area contributed by atoms with Gasteiger partial charge in [-0.05, 0) is 35.4 Å². The number of nitrogens with zero attached hydrogens (tertiary/aromatic N) is 1. The largest absolute Gasteiger partial charge is 0.441 e. The summed E-state index contributed by atoms with van der Waals surface area (Å²) in [5, 5.41) is 3.10. The molecular weight excluding hydrogens is 250 g/mol. The molecule has 3 aromatic rings. The lowest BCUT2D eigenvalue weighted by molar-refractivity contribution is 0.561. The zero-order valence-electron chi connectivity index (χ0n) is 11.6. The zero-order valence-corrected chi connectivity index (χ0v) is 11.6. The van der Waals surface area contributed by atoms with E-state index < -0.39 is 0 Å². The third kappa shape index (κ3) is 2.26. The van der Waals surface area contributed by atoms with Crippen LogP contribution in [0.4, 0.5) is 5.69 Å². The highest BCUT2D eigenvalue weighted by Crippen LogP contribution is 2.24. The van der Waals surface area contributed by atoms with Crippen molar-refractivity contribution in [3.05, 3.63) is 59.5 Å². The normalized spacial score (nSPS) is 12.6. The SMILES string of the molecule is CNc1ccc(C(N)c2ccc3oc(C)nc3c2)cc1. The Bertz CT molecular complexity index is 731. The van der Waals surface area contributed by atoms with E-state index in [0.29, 0.717) is 5.89 Å². The standard InChI is InChI=1S/C16H17N3O/c1-10-19-14-9-12(5-8-15(14)20-10)16(17)11-3-6-13(18-2)7-4-11/h3-9,16,18H,17H2,1-2H3. The maximum atomic E-state index is 6.33. The first-order valence-electron chi connectivity index (χ1n) is 6.58. The summed E-state index contributed by atoms with van der Waals surface area (Å²) in [5.74, 6) is 0.670. The number of nitrogens with one attached hydrogen (secondary N) is 1. The van der Waals surface area contributed by atoms with Crippen molar-refractivity contribution in [2.45, 2.75) is 13.0 Å². The van der Waals surface area contributed by atoms with Crippen LogP contribution >= 0.6 is 0 Å². The molecule has 20 heavy (non-hydrogen) atoms. The van der Waals surface area contributed by atoms with E-state index >= 15 is 0 Å². The molecule has 0 fully saturated rings. The Morgan fingerprint density at radius 1 is 1.10 bits per heavy atom. The molecule has 1 atom stereocenters. The van der Waals surface area contributed by atoms with E-state index in [9.17, 15) is 0 Å². The Hall–Kier alpha value is -2.33. The van der Waals surface area contributed by atoms with E-state index in [4.69, 9.17) is 10.2 Å². The minimum Gasteiger partial charge on any atom is -0.441 e. The lowest BCUT2D eigenvalue weighted by Gasteiger charge is -2.13. The van der Waals surface area contributed by atoms with Gasteiger partial charge in [-0.25, -0.2) is 4.98 Å². The number of hydrogen-bond acceptors (Lipinski definition) is 4. The van der Waals surface area contributed by atoms with Crippen molar-refractivity contribution in [1.29, 1.82) is 0 Å². The zero-order chi connectivity index (χ0) is 14.1. The molecule has 0 radical (unpaired) electrons. The lowest BCUT2D eigenvalue weighted by atomic mass is 9.99. The molecule has 2 aromatic carbocycles. The van der Waals surface area contributed by atoms with Crippen LogP contribution in [0.1, 0.15) is 23.1 Å². The molecule has 0 saturated heterocycles. The molecule has 3 rings (SSSR count). The topological polar surface area (TPSA) is 64.1 Å². The van der Waals surface area contributed by atoms with Gasteiger partial charge in [0.2, 0.25) is 0 Å². The van der Waals surface area contributed by atoms with Gasteiger partial charge in [-0.1, -0.05) is 18.2 Å². The summed E-state index contributed by atoms with van der Waals surface area (Å²) in [7, 11) is 1.90. The third-order valence-electron chi connectivity index (χ3n) is 3.44. The van der Waals surface area contributed by atoms with Crippen LogP contribution in [0.25, 0.3) is 11.1 Å². The summed E-state index contributed by atoms with van der Waals surface area (Å²) in [5.41, 5.74) is 11.1. The Labute approximate surface area is 117 Å². The molecule has 0 spiro atoms. The number of fused-ring (bicyclic) bond motifs is 1. The predicted octanol–water partition coefficient (Wildman–Crippen LogP) is 3.23. The molecule has 1 unspecified atom stereocenters. The maximum Gasteiger partial charge on any atom is 0.192 e. The van der Waals surface area contributed by atoms with Crippen LogP contribution in [0, 0.1) is 6.92 Å². The van der Waals surface area contributed by atoms with Gasteiger partial charge in [0.25, 0.3) is 0 Å². The van der Waals surface area contributed by atoms with Gasteiger partial charge in [-0.2, -0.15) is 0 Å². The Morgan fingerprint density at radius 2 is 1.80 bits per heavy atom. The summed E-state index contributed by atoms with van der Waals surface area (Å²) < 4.78 is 5.48. The molecule has 0 amide bonds. The van der Waals surface area contributed by atoms with Gasteiger partial charge in [0.15, 0.2) is 11.5 Å². The van der Waals surface area contributed by atoms with Crippen molar-refractivity contribution in [2.75, 3.05) is 12.4 Å². The second-order valence-corrected chi connectivity index (χ2v) is 4.81. The van der Waals surface area contributed by atoms with Gasteiger partial charge in [0.1, 0.15) is 5.52 Å². The van der Waals surface area contributed by atoms with E-state index in [1.54, 1.807) is 0 Å². The van der Waals surface area contributed by atoms with Crippen LogP contribution < -0.4 is 11.1 Å². The Morgan fingerprint density at radius 3 is 2.50 bits per heavy atom. The van der Waals surface area contributed by atoms with Crippen LogP contribution in [0.5, 0.6) is 0 Å². The second-order valence-electron chi connectivity index (χ2n) is 4.81. The highest BCUT2D eigenvalue weighted by Gasteiger charge is 2.11. The van der Waals surface area contributed by atoms with Crippen LogP contribution in [0.3, 0.4) is 0 Å². The van der Waals surface area contributed by atoms with Crippen LogP contribution in [0.15, 0.2) is 46.9 Å². The van der Waals surface area contributed by atoms with Crippen molar-refractivity contribution in [1.82, 2.24) is 4.98 Å². The average Bonchev–Trinajstić information content (AvgIpc) is 2.85. The molecule has 0 bridgehead atoms. The molecular formula is C16H17N3O. The van der Waals surface area contributed by atoms with Gasteiger partial charge < -0.3 is 15.5 Å². The number of benzene rings is 2. The number of anilines is 1. The second kappa shape index (κ2) is 4.98. The Balaban J connectivity index is 1.95. The summed E-state index contributed by atoms with van der Waals surface area (Å²) >= 11 is 0. The fraction of sp³-hybridized carbons (Fsp3) is 0.188. The fourth-order valence-corrected chi connectivity index (χ4v) is 2.30. The van der Waals surface area contributed by atoms with E-state index in [-0.39, 0.29) is 6.04 Å². The molecule has 1 aromatic heterocycles. The maximum absolute atomic E-state index is 6.33. The number of nitrogens with two attached hydrogens (primary N) is 1. The van der Waals surface area contributed by atoms with E-state index in [0.717, 1.165) is 27.9 Å². The molecule has 4 nitrogen and oxygen atoms in total. The molecule has 0 aliphatic carbocycles. The monoisotopic (exact) mass is 267 g/mol. The molecule has 3 N–H and O–H groups in total. The van der Waals surface area contributed by atoms with E-state index in [2.05, 4.69) is 10.3 Å². The first kappa shape index (κ1) is 12.7. The van der Waals surface area contributed by atoms with Crippen molar-refractivity contribution in [3.63, 3.8) is 0 Å². The third-order valence-corrected chi connectivity index (χ3v) is 3.44. The molecule has 1 heterocycles. The van der Waals surface area contributed by atoms with Crippen LogP contribution in [0.2, 0.25) is 0 Å². The number of oxazole rings is 1. The lowest BCUT2D eigenvalue weighted by Crippen LogP contribution is -2.11. The minimum atomic E-state index is -0.165. The highest BCUT2D eigenvalue weighted by atomic mass is 16.3. The summed E-state index contributed by atoms with van der Waals surface area (Å²) in [4.78, 5) is 4.35. The van der Waals surface area contributed by atoms with Gasteiger partial charge in [0.05, 0.1) is 6.04 Å². The van der Waals surface area contributed by atoms with Gasteiger partial charge in [0, 0.05) is 19.7 Å². The minimum absolute atomic E-state index is 0.165. The van der Waals surface area contributed by atoms with E-state index in [1.165, 1.54) is 0 Å². The predicted molar refractivity (Wildman–Crippen MR) is 80.8 cm³/mol. The fourth-order valence-electron chi connectivity index (χ4n) is 2.30. The van der Waals surface area contributed by atoms with Crippen molar-refractivity contribution in [2.24, 2.45) is 5.73 Å². The number of aryl methyl sites for hydroxylation is 1. The number of aromatic nitrogens is 1. The number of rotatable bonds is 3. The van der Waals surface area contributed by atoms with Gasteiger partial charge in [-0.15, -0.1) is 0 Å². The molecule has 0 saturated carbocycles. The molecule has 0 aliphatic heterocycles. The van der Waals surface area contributed by atoms with Crippen molar-refractivity contribution in [3.8, 4) is 0 Å². The average molecular weight is 267 g/mol. The van der Waals surface area contributed by atoms with Crippen molar-refractivity contribution < 1.29 is 4.42 Å². The van der Waals surface area contributed by atoms with E-state index in [1.807, 2.05) is 56.4 Å². The Kier molecular flexibility index (Phi) is 3.16. The highest BCUT2D eigenvalue weighted by molar-refractivity contribution is 5.73. The van der Waals surface area contributed by atoms with Crippen LogP contribution in [-0.2, 0) is 0 Å². The van der Waals surface area contributed by atoms with Gasteiger partial charge >= 0.3 is 0 Å². The molecule has 0 aliphatic rings. The molecule has 4 heteroatoms. The summed E-state index contributed by atoms with van der Waals surface area (Å²) in [6.45, 7) is 1.84. The molecule has 102 valence electrons. The first-order valence-corrected chi connectivity index (χ1v) is 6.58. The smallest absolute Gasteiger partial charge is 0.192 e. The van der Waals surface area contributed by atoms with Crippen LogP contribution in [-0.4, -0.2) is 12.0 Å². The van der Waals surface area contributed by atoms with Gasteiger partial charge in [-0.3, -0.25) is 0 Å². The quantitative estimate of drug-likeness (QED) is 0.764. The summed E-state index contributed by atoms with van der Waals surface area (Å²) in [6, 6.07) is 13.9.